The number of hydrogen-bond donors (Lipinski definition) is 2. The maximum atomic E-state index is 12.5. The summed E-state index contributed by atoms with van der Waals surface area (Å²) in [6.07, 6.45) is 8.31. The molecule has 6 heteroatoms. The molecule has 0 bridgehead atoms. The molecule has 1 aliphatic heterocycles. The van der Waals surface area contributed by atoms with Crippen molar-refractivity contribution in [2.45, 2.75) is 44.6 Å². The molecule has 2 N–H and O–H groups in total. The summed E-state index contributed by atoms with van der Waals surface area (Å²) in [5.74, 6) is 0.694. The predicted molar refractivity (Wildman–Crippen MR) is 93.3 cm³/mol. The van der Waals surface area contributed by atoms with Crippen molar-refractivity contribution in [1.29, 1.82) is 0 Å². The van der Waals surface area contributed by atoms with Crippen LogP contribution in [0, 0.1) is 0 Å². The number of amides is 1. The number of likely N-dealkylation sites (tertiary alicyclic amines) is 1. The SMILES string of the molecule is C=C(NC(C)C(=O)N1CCCC1)c1c[nH]c2ncc(C3CC3)nc12. The van der Waals surface area contributed by atoms with Gasteiger partial charge in [-0.25, -0.2) is 9.97 Å². The standard InChI is InChI=1S/C18H23N5O/c1-11(21-12(2)18(24)23-7-3-4-8-23)14-9-19-17-16(14)22-15(10-20-17)13-5-6-13/h9-10,12-13,21H,1,3-8H2,2H3,(H,19,20). The molecule has 2 aromatic heterocycles. The third-order valence-corrected chi connectivity index (χ3v) is 4.90. The molecule has 1 atom stereocenters. The van der Waals surface area contributed by atoms with E-state index < -0.39 is 0 Å². The third-order valence-electron chi connectivity index (χ3n) is 4.90. The monoisotopic (exact) mass is 325 g/mol. The maximum Gasteiger partial charge on any atom is 0.244 e. The van der Waals surface area contributed by atoms with E-state index in [0.29, 0.717) is 11.6 Å². The molecule has 1 saturated heterocycles. The van der Waals surface area contributed by atoms with Gasteiger partial charge in [-0.3, -0.25) is 4.79 Å². The topological polar surface area (TPSA) is 73.9 Å². The molecule has 126 valence electrons. The fourth-order valence-electron chi connectivity index (χ4n) is 3.32. The Morgan fingerprint density at radius 3 is 2.88 bits per heavy atom. The first kappa shape index (κ1) is 15.2. The number of nitrogens with zero attached hydrogens (tertiary/aromatic N) is 3. The van der Waals surface area contributed by atoms with Crippen molar-refractivity contribution in [3.63, 3.8) is 0 Å². The molecular formula is C18H23N5O. The molecule has 24 heavy (non-hydrogen) atoms. The zero-order chi connectivity index (χ0) is 16.7. The highest BCUT2D eigenvalue weighted by molar-refractivity contribution is 5.89. The molecule has 0 spiro atoms. The second-order valence-corrected chi connectivity index (χ2v) is 6.85. The fourth-order valence-corrected chi connectivity index (χ4v) is 3.32. The summed E-state index contributed by atoms with van der Waals surface area (Å²) in [7, 11) is 0. The molecule has 1 aliphatic carbocycles. The van der Waals surface area contributed by atoms with E-state index >= 15 is 0 Å². The maximum absolute atomic E-state index is 12.5. The van der Waals surface area contributed by atoms with Crippen molar-refractivity contribution in [2.24, 2.45) is 0 Å². The highest BCUT2D eigenvalue weighted by Crippen LogP contribution is 2.39. The van der Waals surface area contributed by atoms with Crippen LogP contribution in [0.1, 0.15) is 49.8 Å². The predicted octanol–water partition coefficient (Wildman–Crippen LogP) is 2.41. The zero-order valence-corrected chi connectivity index (χ0v) is 14.0. The van der Waals surface area contributed by atoms with Crippen molar-refractivity contribution in [3.05, 3.63) is 30.2 Å². The zero-order valence-electron chi connectivity index (χ0n) is 14.0. The average Bonchev–Trinajstić information content (AvgIpc) is 3.12. The van der Waals surface area contributed by atoms with Crippen molar-refractivity contribution < 1.29 is 4.79 Å². The molecular weight excluding hydrogens is 302 g/mol. The average molecular weight is 325 g/mol. The Hall–Kier alpha value is -2.37. The van der Waals surface area contributed by atoms with Gasteiger partial charge in [-0.2, -0.15) is 0 Å². The molecule has 0 aromatic carbocycles. The molecule has 2 aromatic rings. The minimum Gasteiger partial charge on any atom is -0.374 e. The summed E-state index contributed by atoms with van der Waals surface area (Å²) in [6.45, 7) is 7.73. The molecule has 2 fully saturated rings. The number of H-pyrrole nitrogens is 1. The van der Waals surface area contributed by atoms with Crippen LogP contribution < -0.4 is 5.32 Å². The number of aromatic nitrogens is 3. The van der Waals surface area contributed by atoms with Crippen LogP contribution >= 0.6 is 0 Å². The lowest BCUT2D eigenvalue weighted by atomic mass is 10.2. The van der Waals surface area contributed by atoms with Crippen LogP contribution in [0.5, 0.6) is 0 Å². The molecule has 0 radical (unpaired) electrons. The van der Waals surface area contributed by atoms with E-state index in [1.807, 2.05) is 24.2 Å². The highest BCUT2D eigenvalue weighted by Gasteiger charge is 2.27. The van der Waals surface area contributed by atoms with Crippen LogP contribution in [0.4, 0.5) is 0 Å². The lowest BCUT2D eigenvalue weighted by Gasteiger charge is -2.22. The van der Waals surface area contributed by atoms with E-state index in [9.17, 15) is 4.79 Å². The first-order valence-corrected chi connectivity index (χ1v) is 8.72. The van der Waals surface area contributed by atoms with Crippen molar-refractivity contribution in [3.8, 4) is 0 Å². The van der Waals surface area contributed by atoms with Gasteiger partial charge < -0.3 is 15.2 Å². The second kappa shape index (κ2) is 5.92. The molecule has 3 heterocycles. The van der Waals surface area contributed by atoms with Gasteiger partial charge in [0.25, 0.3) is 0 Å². The number of aromatic amines is 1. The fraction of sp³-hybridized carbons (Fsp3) is 0.500. The van der Waals surface area contributed by atoms with E-state index in [0.717, 1.165) is 48.4 Å². The largest absolute Gasteiger partial charge is 0.374 e. The van der Waals surface area contributed by atoms with Crippen LogP contribution in [-0.4, -0.2) is 44.9 Å². The Morgan fingerprint density at radius 1 is 1.42 bits per heavy atom. The van der Waals surface area contributed by atoms with E-state index in [2.05, 4.69) is 21.9 Å². The second-order valence-electron chi connectivity index (χ2n) is 6.85. The van der Waals surface area contributed by atoms with Crippen LogP contribution in [0.25, 0.3) is 16.9 Å². The summed E-state index contributed by atoms with van der Waals surface area (Å²) >= 11 is 0. The van der Waals surface area contributed by atoms with Crippen LogP contribution in [0.3, 0.4) is 0 Å². The minimum atomic E-state index is -0.292. The summed E-state index contributed by atoms with van der Waals surface area (Å²) in [4.78, 5) is 26.7. The number of fused-ring (bicyclic) bond motifs is 1. The molecule has 1 saturated carbocycles. The van der Waals surface area contributed by atoms with Gasteiger partial charge in [0.1, 0.15) is 11.6 Å². The Kier molecular flexibility index (Phi) is 3.75. The Balaban J connectivity index is 1.52. The minimum absolute atomic E-state index is 0.137. The van der Waals surface area contributed by atoms with Crippen LogP contribution in [0.2, 0.25) is 0 Å². The molecule has 4 rings (SSSR count). The summed E-state index contributed by atoms with van der Waals surface area (Å²) < 4.78 is 0. The van der Waals surface area contributed by atoms with E-state index in [4.69, 9.17) is 4.98 Å². The van der Waals surface area contributed by atoms with Gasteiger partial charge in [0, 0.05) is 36.5 Å². The smallest absolute Gasteiger partial charge is 0.244 e. The Bertz CT molecular complexity index is 786. The van der Waals surface area contributed by atoms with Crippen LogP contribution in [-0.2, 0) is 4.79 Å². The normalized spacial score (nSPS) is 18.8. The quantitative estimate of drug-likeness (QED) is 0.885. The summed E-state index contributed by atoms with van der Waals surface area (Å²) in [5, 5.41) is 3.24. The lowest BCUT2D eigenvalue weighted by Crippen LogP contribution is -2.42. The van der Waals surface area contributed by atoms with Gasteiger partial charge >= 0.3 is 0 Å². The molecule has 6 nitrogen and oxygen atoms in total. The number of carbonyl (C=O) groups is 1. The number of rotatable bonds is 5. The number of carbonyl (C=O) groups excluding carboxylic acids is 1. The van der Waals surface area contributed by atoms with Crippen molar-refractivity contribution in [1.82, 2.24) is 25.2 Å². The summed E-state index contributed by atoms with van der Waals surface area (Å²) in [5.41, 5.74) is 4.25. The van der Waals surface area contributed by atoms with Gasteiger partial charge in [-0.15, -0.1) is 0 Å². The first-order chi connectivity index (χ1) is 11.6. The van der Waals surface area contributed by atoms with Gasteiger partial charge in [-0.05, 0) is 32.6 Å². The van der Waals surface area contributed by atoms with Gasteiger partial charge in [0.2, 0.25) is 5.91 Å². The number of hydrogen-bond acceptors (Lipinski definition) is 4. The Morgan fingerprint density at radius 2 is 2.17 bits per heavy atom. The Labute approximate surface area is 141 Å². The first-order valence-electron chi connectivity index (χ1n) is 8.72. The highest BCUT2D eigenvalue weighted by atomic mass is 16.2. The molecule has 2 aliphatic rings. The van der Waals surface area contributed by atoms with Gasteiger partial charge in [-0.1, -0.05) is 6.58 Å². The lowest BCUT2D eigenvalue weighted by molar-refractivity contribution is -0.131. The third kappa shape index (κ3) is 2.77. The van der Waals surface area contributed by atoms with Gasteiger partial charge in [0.15, 0.2) is 5.65 Å². The van der Waals surface area contributed by atoms with E-state index in [1.54, 1.807) is 0 Å². The van der Waals surface area contributed by atoms with Crippen molar-refractivity contribution in [2.75, 3.05) is 13.1 Å². The van der Waals surface area contributed by atoms with Gasteiger partial charge in [0.05, 0.1) is 11.9 Å². The van der Waals surface area contributed by atoms with E-state index in [-0.39, 0.29) is 11.9 Å². The van der Waals surface area contributed by atoms with Crippen molar-refractivity contribution >= 4 is 22.8 Å². The molecule has 1 unspecified atom stereocenters. The van der Waals surface area contributed by atoms with Crippen LogP contribution in [0.15, 0.2) is 19.0 Å². The summed E-state index contributed by atoms with van der Waals surface area (Å²) in [6, 6.07) is -0.292. The van der Waals surface area contributed by atoms with E-state index in [1.165, 1.54) is 12.8 Å². The number of nitrogens with one attached hydrogen (secondary N) is 2. The molecule has 1 amide bonds.